The summed E-state index contributed by atoms with van der Waals surface area (Å²) in [5.74, 6) is -3.18. The van der Waals surface area contributed by atoms with Gasteiger partial charge in [-0.05, 0) is 29.4 Å². The van der Waals surface area contributed by atoms with E-state index in [-0.39, 0.29) is 16.8 Å². The quantitative estimate of drug-likeness (QED) is 0.575. The third-order valence-corrected chi connectivity index (χ3v) is 3.34. The molecule has 8 heteroatoms. The maximum Gasteiger partial charge on any atom is 0.332 e. The summed E-state index contributed by atoms with van der Waals surface area (Å²) in [7, 11) is 0. The molecule has 1 N–H and O–H groups in total. The molecule has 0 aliphatic heterocycles. The fourth-order valence-electron chi connectivity index (χ4n) is 2.19. The maximum atomic E-state index is 13.8. The van der Waals surface area contributed by atoms with Crippen molar-refractivity contribution in [3.8, 4) is 0 Å². The van der Waals surface area contributed by atoms with E-state index in [1.165, 1.54) is 6.07 Å². The summed E-state index contributed by atoms with van der Waals surface area (Å²) in [6, 6.07) is 11.0. The molecule has 2 aromatic carbocycles. The molecule has 0 aliphatic rings. The number of fused-ring (bicyclic) bond motifs is 1. The van der Waals surface area contributed by atoms with Crippen molar-refractivity contribution < 1.29 is 27.6 Å². The summed E-state index contributed by atoms with van der Waals surface area (Å²) in [6.07, 6.45) is 0. The van der Waals surface area contributed by atoms with E-state index in [0.29, 0.717) is 17.0 Å². The highest BCUT2D eigenvalue weighted by Gasteiger charge is 2.15. The molecule has 3 aromatic rings. The van der Waals surface area contributed by atoms with Gasteiger partial charge in [-0.1, -0.05) is 18.2 Å². The molecule has 0 spiro atoms. The topological polar surface area (TPSA) is 80.9 Å². The van der Waals surface area contributed by atoms with Crippen LogP contribution in [0.15, 0.2) is 58.1 Å². The van der Waals surface area contributed by atoms with Gasteiger partial charge in [0.25, 0.3) is 11.5 Å². The first kappa shape index (κ1) is 17.3. The number of rotatable bonds is 3. The first-order valence-electron chi connectivity index (χ1n) is 7.45. The molecule has 0 atom stereocenters. The summed E-state index contributed by atoms with van der Waals surface area (Å²) in [5.41, 5.74) is -0.168. The molecule has 1 aromatic heterocycles. The second-order valence-electron chi connectivity index (χ2n) is 5.26. The minimum atomic E-state index is -0.936. The minimum Gasteiger partial charge on any atom is -0.435 e. The Labute approximate surface area is 145 Å². The van der Waals surface area contributed by atoms with Gasteiger partial charge in [-0.3, -0.25) is 4.79 Å². The van der Waals surface area contributed by atoms with Gasteiger partial charge in [-0.25, -0.2) is 13.6 Å². The number of anilines is 1. The van der Waals surface area contributed by atoms with Crippen molar-refractivity contribution >= 4 is 28.5 Å². The molecule has 3 rings (SSSR count). The van der Waals surface area contributed by atoms with Crippen LogP contribution in [0, 0.1) is 11.6 Å². The molecule has 6 nitrogen and oxygen atoms in total. The second-order valence-corrected chi connectivity index (χ2v) is 5.26. The van der Waals surface area contributed by atoms with Crippen LogP contribution < -0.4 is 10.9 Å². The number of carbonyl (C=O) groups is 2. The molecule has 0 radical (unpaired) electrons. The lowest BCUT2D eigenvalue weighted by Crippen LogP contribution is -2.22. The van der Waals surface area contributed by atoms with E-state index < -0.39 is 23.5 Å². The van der Waals surface area contributed by atoms with Crippen LogP contribution in [0.2, 0.25) is 0 Å². The lowest BCUT2D eigenvalue weighted by Gasteiger charge is -2.07. The van der Waals surface area contributed by atoms with Gasteiger partial charge in [0.2, 0.25) is 0 Å². The van der Waals surface area contributed by atoms with Gasteiger partial charge in [-0.2, -0.15) is 0 Å². The molecule has 132 valence electrons. The van der Waals surface area contributed by atoms with E-state index in [1.54, 1.807) is 24.3 Å². The standard InChI is InChI=1S/C18H12F2N2O4/c1-10(23)26-22-18-13(8-11-4-2-3-5-16(11)25-18)17(24)21-15-7-6-12(19)9-14(15)20/h2-9H,1H3,(H,21,24)/b22-18+. The predicted molar refractivity (Wildman–Crippen MR) is 87.9 cm³/mol. The number of carbonyl (C=O) groups excluding carboxylic acids is 2. The molecule has 0 saturated carbocycles. The van der Waals surface area contributed by atoms with Crippen LogP contribution in [0.3, 0.4) is 0 Å². The van der Waals surface area contributed by atoms with Crippen molar-refractivity contribution in [2.75, 3.05) is 5.32 Å². The van der Waals surface area contributed by atoms with Crippen molar-refractivity contribution in [3.05, 3.63) is 71.3 Å². The van der Waals surface area contributed by atoms with Crippen LogP contribution in [-0.2, 0) is 9.63 Å². The van der Waals surface area contributed by atoms with E-state index in [1.807, 2.05) is 0 Å². The number of amides is 1. The van der Waals surface area contributed by atoms with E-state index in [4.69, 9.17) is 4.42 Å². The van der Waals surface area contributed by atoms with Crippen molar-refractivity contribution in [1.82, 2.24) is 0 Å². The molecule has 0 saturated heterocycles. The normalized spacial score (nSPS) is 11.4. The smallest absolute Gasteiger partial charge is 0.332 e. The van der Waals surface area contributed by atoms with Crippen LogP contribution in [0.25, 0.3) is 11.0 Å². The third kappa shape index (κ3) is 3.75. The first-order chi connectivity index (χ1) is 12.4. The summed E-state index contributed by atoms with van der Waals surface area (Å²) in [6.45, 7) is 1.14. The summed E-state index contributed by atoms with van der Waals surface area (Å²) in [4.78, 5) is 28.1. The molecule has 0 aliphatic carbocycles. The Morgan fingerprint density at radius 1 is 1.12 bits per heavy atom. The van der Waals surface area contributed by atoms with Crippen LogP contribution in [0.5, 0.6) is 0 Å². The average molecular weight is 358 g/mol. The molecule has 0 fully saturated rings. The third-order valence-electron chi connectivity index (χ3n) is 3.34. The van der Waals surface area contributed by atoms with Gasteiger partial charge in [0, 0.05) is 18.4 Å². The van der Waals surface area contributed by atoms with Crippen LogP contribution in [0.1, 0.15) is 17.3 Å². The number of nitrogens with zero attached hydrogens (tertiary/aromatic N) is 1. The van der Waals surface area contributed by atoms with Gasteiger partial charge in [0.15, 0.2) is 0 Å². The van der Waals surface area contributed by atoms with Crippen molar-refractivity contribution in [1.29, 1.82) is 0 Å². The first-order valence-corrected chi connectivity index (χ1v) is 7.45. The summed E-state index contributed by atoms with van der Waals surface area (Å²) < 4.78 is 32.2. The summed E-state index contributed by atoms with van der Waals surface area (Å²) in [5, 5.41) is 6.41. The highest BCUT2D eigenvalue weighted by atomic mass is 19.1. The number of hydrogen-bond acceptors (Lipinski definition) is 5. The maximum absolute atomic E-state index is 13.8. The lowest BCUT2D eigenvalue weighted by atomic mass is 10.1. The number of nitrogens with one attached hydrogen (secondary N) is 1. The lowest BCUT2D eigenvalue weighted by molar-refractivity contribution is -0.141. The fourth-order valence-corrected chi connectivity index (χ4v) is 2.19. The van der Waals surface area contributed by atoms with Gasteiger partial charge in [-0.15, -0.1) is 0 Å². The Morgan fingerprint density at radius 2 is 1.88 bits per heavy atom. The van der Waals surface area contributed by atoms with E-state index in [2.05, 4.69) is 15.3 Å². The zero-order valence-electron chi connectivity index (χ0n) is 13.5. The monoisotopic (exact) mass is 358 g/mol. The van der Waals surface area contributed by atoms with E-state index in [0.717, 1.165) is 19.1 Å². The number of halogens is 2. The number of para-hydroxylation sites is 1. The molecular weight excluding hydrogens is 346 g/mol. The largest absolute Gasteiger partial charge is 0.435 e. The van der Waals surface area contributed by atoms with E-state index in [9.17, 15) is 18.4 Å². The molecule has 26 heavy (non-hydrogen) atoms. The SMILES string of the molecule is CC(=O)O/N=c1/oc2ccccc2cc1C(=O)Nc1ccc(F)cc1F. The highest BCUT2D eigenvalue weighted by Crippen LogP contribution is 2.17. The number of benzene rings is 2. The number of hydrogen-bond donors (Lipinski definition) is 1. The Morgan fingerprint density at radius 3 is 2.62 bits per heavy atom. The zero-order chi connectivity index (χ0) is 18.7. The van der Waals surface area contributed by atoms with Crippen molar-refractivity contribution in [3.63, 3.8) is 0 Å². The molecule has 1 amide bonds. The van der Waals surface area contributed by atoms with Gasteiger partial charge in [0.05, 0.1) is 5.69 Å². The average Bonchev–Trinajstić information content (AvgIpc) is 2.61. The molecule has 0 bridgehead atoms. The van der Waals surface area contributed by atoms with Crippen molar-refractivity contribution in [2.45, 2.75) is 6.92 Å². The minimum absolute atomic E-state index is 0.0892. The fraction of sp³-hybridized carbons (Fsp3) is 0.0556. The molecule has 0 unspecified atom stereocenters. The van der Waals surface area contributed by atoms with Crippen LogP contribution in [-0.4, -0.2) is 11.9 Å². The van der Waals surface area contributed by atoms with Crippen molar-refractivity contribution in [2.24, 2.45) is 5.16 Å². The molecular formula is C18H12F2N2O4. The highest BCUT2D eigenvalue weighted by molar-refractivity contribution is 6.05. The van der Waals surface area contributed by atoms with Crippen LogP contribution in [0.4, 0.5) is 14.5 Å². The Balaban J connectivity index is 2.06. The van der Waals surface area contributed by atoms with Gasteiger partial charge >= 0.3 is 5.97 Å². The van der Waals surface area contributed by atoms with Gasteiger partial charge < -0.3 is 14.6 Å². The second kappa shape index (κ2) is 7.14. The van der Waals surface area contributed by atoms with Crippen LogP contribution >= 0.6 is 0 Å². The predicted octanol–water partition coefficient (Wildman–Crippen LogP) is 3.34. The molecule has 1 heterocycles. The van der Waals surface area contributed by atoms with Gasteiger partial charge in [0.1, 0.15) is 22.8 Å². The Kier molecular flexibility index (Phi) is 4.74. The Hall–Kier alpha value is -3.55. The zero-order valence-corrected chi connectivity index (χ0v) is 13.5. The Bertz CT molecular complexity index is 1080. The summed E-state index contributed by atoms with van der Waals surface area (Å²) >= 11 is 0. The van der Waals surface area contributed by atoms with E-state index >= 15 is 0 Å².